The molecule has 3 aromatic rings. The van der Waals surface area contributed by atoms with Crippen LogP contribution in [-0.2, 0) is 6.61 Å². The summed E-state index contributed by atoms with van der Waals surface area (Å²) in [4.78, 5) is 16.1. The summed E-state index contributed by atoms with van der Waals surface area (Å²) in [6.07, 6.45) is 0.0188. The van der Waals surface area contributed by atoms with E-state index in [0.717, 1.165) is 5.56 Å². The molecule has 5 nitrogen and oxygen atoms in total. The molecule has 1 heterocycles. The summed E-state index contributed by atoms with van der Waals surface area (Å²) < 4.78 is 11.6. The first-order valence-electron chi connectivity index (χ1n) is 8.71. The maximum absolute atomic E-state index is 11.6. The Hall–Kier alpha value is -3.34. The van der Waals surface area contributed by atoms with Gasteiger partial charge in [0, 0.05) is 5.56 Å². The van der Waals surface area contributed by atoms with Crippen LogP contribution in [0.2, 0.25) is 0 Å². The number of aromatic nitrogens is 1. The van der Waals surface area contributed by atoms with E-state index in [2.05, 4.69) is 4.98 Å². The molecule has 0 unspecified atom stereocenters. The van der Waals surface area contributed by atoms with Crippen molar-refractivity contribution >= 4 is 5.97 Å². The molecular weight excluding hydrogens is 342 g/mol. The fourth-order valence-corrected chi connectivity index (χ4v) is 2.66. The summed E-state index contributed by atoms with van der Waals surface area (Å²) in [6, 6.07) is 20.1. The van der Waals surface area contributed by atoms with Crippen molar-refractivity contribution in [2.75, 3.05) is 0 Å². The number of hydrogen-bond acceptors (Lipinski definition) is 4. The number of hydrogen-bond donors (Lipinski definition) is 1. The van der Waals surface area contributed by atoms with E-state index in [1.165, 1.54) is 0 Å². The van der Waals surface area contributed by atoms with Crippen LogP contribution in [0.1, 0.15) is 29.9 Å². The lowest BCUT2D eigenvalue weighted by atomic mass is 10.1. The Morgan fingerprint density at radius 3 is 2.41 bits per heavy atom. The van der Waals surface area contributed by atoms with Gasteiger partial charge >= 0.3 is 5.97 Å². The zero-order valence-corrected chi connectivity index (χ0v) is 15.3. The van der Waals surface area contributed by atoms with E-state index in [9.17, 15) is 9.90 Å². The van der Waals surface area contributed by atoms with Crippen LogP contribution in [0, 0.1) is 0 Å². The molecule has 0 atom stereocenters. The third kappa shape index (κ3) is 4.64. The Bertz CT molecular complexity index is 923. The Balaban J connectivity index is 1.95. The fourth-order valence-electron chi connectivity index (χ4n) is 2.66. The molecule has 0 saturated heterocycles. The molecule has 1 N–H and O–H groups in total. The van der Waals surface area contributed by atoms with Gasteiger partial charge in [0.1, 0.15) is 18.1 Å². The van der Waals surface area contributed by atoms with Crippen molar-refractivity contribution in [3.05, 3.63) is 78.0 Å². The van der Waals surface area contributed by atoms with E-state index in [1.807, 2.05) is 68.4 Å². The Morgan fingerprint density at radius 2 is 1.70 bits per heavy atom. The highest BCUT2D eigenvalue weighted by Crippen LogP contribution is 2.30. The first-order valence-corrected chi connectivity index (χ1v) is 8.71. The van der Waals surface area contributed by atoms with E-state index in [-0.39, 0.29) is 18.3 Å². The van der Waals surface area contributed by atoms with E-state index in [4.69, 9.17) is 9.47 Å². The normalized spacial score (nSPS) is 10.6. The predicted molar refractivity (Wildman–Crippen MR) is 103 cm³/mol. The van der Waals surface area contributed by atoms with E-state index in [1.54, 1.807) is 12.1 Å². The first kappa shape index (κ1) is 18.5. The summed E-state index contributed by atoms with van der Waals surface area (Å²) in [5, 5.41) is 9.48. The second-order valence-corrected chi connectivity index (χ2v) is 6.26. The Labute approximate surface area is 158 Å². The SMILES string of the molecule is CC(C)Oc1ccccc1-c1ccc(C(=O)O)c(COc2ccccc2)n1. The minimum absolute atomic E-state index is 0.0188. The number of carboxylic acid groups (broad SMARTS) is 1. The molecular formula is C22H21NO4. The highest BCUT2D eigenvalue weighted by Gasteiger charge is 2.16. The van der Waals surface area contributed by atoms with Crippen LogP contribution in [0.5, 0.6) is 11.5 Å². The lowest BCUT2D eigenvalue weighted by Crippen LogP contribution is -2.10. The van der Waals surface area contributed by atoms with Crippen LogP contribution in [0.3, 0.4) is 0 Å². The maximum Gasteiger partial charge on any atom is 0.337 e. The van der Waals surface area contributed by atoms with Gasteiger partial charge in [-0.1, -0.05) is 30.3 Å². The van der Waals surface area contributed by atoms with Crippen LogP contribution in [0.4, 0.5) is 0 Å². The average molecular weight is 363 g/mol. The molecule has 2 aromatic carbocycles. The fraction of sp³-hybridized carbons (Fsp3) is 0.182. The Morgan fingerprint density at radius 1 is 1.00 bits per heavy atom. The van der Waals surface area contributed by atoms with Crippen molar-refractivity contribution in [3.8, 4) is 22.8 Å². The molecule has 3 rings (SSSR count). The smallest absolute Gasteiger partial charge is 0.337 e. The van der Waals surface area contributed by atoms with E-state index >= 15 is 0 Å². The molecule has 138 valence electrons. The highest BCUT2D eigenvalue weighted by atomic mass is 16.5. The molecule has 0 aliphatic carbocycles. The molecule has 0 saturated carbocycles. The van der Waals surface area contributed by atoms with Gasteiger partial charge < -0.3 is 14.6 Å². The van der Waals surface area contributed by atoms with Gasteiger partial charge in [-0.15, -0.1) is 0 Å². The third-order valence-corrected chi connectivity index (χ3v) is 3.85. The number of ether oxygens (including phenoxy) is 2. The number of carboxylic acids is 1. The van der Waals surface area contributed by atoms with Crippen LogP contribution in [0.25, 0.3) is 11.3 Å². The molecule has 27 heavy (non-hydrogen) atoms. The third-order valence-electron chi connectivity index (χ3n) is 3.85. The number of benzene rings is 2. The van der Waals surface area contributed by atoms with Gasteiger partial charge in [-0.2, -0.15) is 0 Å². The first-order chi connectivity index (χ1) is 13.0. The van der Waals surface area contributed by atoms with Gasteiger partial charge in [0.2, 0.25) is 0 Å². The number of pyridine rings is 1. The van der Waals surface area contributed by atoms with Crippen molar-refractivity contribution < 1.29 is 19.4 Å². The predicted octanol–water partition coefficient (Wildman–Crippen LogP) is 4.81. The van der Waals surface area contributed by atoms with Crippen molar-refractivity contribution in [3.63, 3.8) is 0 Å². The van der Waals surface area contributed by atoms with Gasteiger partial charge in [-0.25, -0.2) is 9.78 Å². The van der Waals surface area contributed by atoms with Crippen molar-refractivity contribution in [2.45, 2.75) is 26.6 Å². The second-order valence-electron chi connectivity index (χ2n) is 6.26. The van der Waals surface area contributed by atoms with Gasteiger partial charge in [-0.05, 0) is 50.2 Å². The highest BCUT2D eigenvalue weighted by molar-refractivity contribution is 5.89. The van der Waals surface area contributed by atoms with Crippen LogP contribution in [-0.4, -0.2) is 22.2 Å². The molecule has 5 heteroatoms. The molecule has 0 spiro atoms. The average Bonchev–Trinajstić information content (AvgIpc) is 2.67. The topological polar surface area (TPSA) is 68.7 Å². The van der Waals surface area contributed by atoms with Gasteiger partial charge in [0.05, 0.1) is 23.1 Å². The summed E-state index contributed by atoms with van der Waals surface area (Å²) >= 11 is 0. The van der Waals surface area contributed by atoms with E-state index < -0.39 is 5.97 Å². The minimum atomic E-state index is -1.03. The minimum Gasteiger partial charge on any atom is -0.490 e. The zero-order chi connectivity index (χ0) is 19.2. The maximum atomic E-state index is 11.6. The summed E-state index contributed by atoms with van der Waals surface area (Å²) in [5.74, 6) is 0.329. The standard InChI is InChI=1S/C22H21NO4/c1-15(2)27-21-11-7-6-10-17(21)19-13-12-18(22(24)25)20(23-19)14-26-16-8-4-3-5-9-16/h3-13,15H,14H2,1-2H3,(H,24,25). The number of carbonyl (C=O) groups is 1. The van der Waals surface area contributed by atoms with Gasteiger partial charge in [0.15, 0.2) is 0 Å². The molecule has 0 radical (unpaired) electrons. The monoisotopic (exact) mass is 363 g/mol. The van der Waals surface area contributed by atoms with Crippen LogP contribution >= 0.6 is 0 Å². The molecule has 0 fully saturated rings. The largest absolute Gasteiger partial charge is 0.490 e. The molecule has 0 aliphatic rings. The number of para-hydroxylation sites is 2. The molecule has 1 aromatic heterocycles. The molecule has 0 amide bonds. The molecule has 0 aliphatic heterocycles. The van der Waals surface area contributed by atoms with Gasteiger partial charge in [-0.3, -0.25) is 0 Å². The van der Waals surface area contributed by atoms with Crippen molar-refractivity contribution in [1.29, 1.82) is 0 Å². The van der Waals surface area contributed by atoms with Crippen molar-refractivity contribution in [1.82, 2.24) is 4.98 Å². The molecule has 0 bridgehead atoms. The van der Waals surface area contributed by atoms with E-state index in [0.29, 0.717) is 22.9 Å². The lowest BCUT2D eigenvalue weighted by Gasteiger charge is -2.15. The van der Waals surface area contributed by atoms with Gasteiger partial charge in [0.25, 0.3) is 0 Å². The lowest BCUT2D eigenvalue weighted by molar-refractivity contribution is 0.0693. The van der Waals surface area contributed by atoms with Crippen molar-refractivity contribution in [2.24, 2.45) is 0 Å². The summed E-state index contributed by atoms with van der Waals surface area (Å²) in [7, 11) is 0. The second kappa shape index (κ2) is 8.36. The number of aromatic carboxylic acids is 1. The Kier molecular flexibility index (Phi) is 5.71. The zero-order valence-electron chi connectivity index (χ0n) is 15.3. The van der Waals surface area contributed by atoms with Crippen LogP contribution < -0.4 is 9.47 Å². The van der Waals surface area contributed by atoms with Crippen LogP contribution in [0.15, 0.2) is 66.7 Å². The number of nitrogens with zero attached hydrogens (tertiary/aromatic N) is 1. The summed E-state index contributed by atoms with van der Waals surface area (Å²) in [6.45, 7) is 3.97. The summed E-state index contributed by atoms with van der Waals surface area (Å²) in [5.41, 5.74) is 1.94. The number of rotatable bonds is 7. The quantitative estimate of drug-likeness (QED) is 0.652.